The van der Waals surface area contributed by atoms with Crippen molar-refractivity contribution < 1.29 is 0 Å². The van der Waals surface area contributed by atoms with Gasteiger partial charge < -0.3 is 10.2 Å². The minimum atomic E-state index is 0.839. The number of nitrogens with zero attached hydrogens (tertiary/aromatic N) is 1. The van der Waals surface area contributed by atoms with Crippen molar-refractivity contribution >= 4 is 65.5 Å². The number of hydrogen-bond acceptors (Lipinski definition) is 3. The Morgan fingerprint density at radius 3 is 1.91 bits per heavy atom. The van der Waals surface area contributed by atoms with Gasteiger partial charge in [0.1, 0.15) is 0 Å². The minimum Gasteiger partial charge on any atom is -0.356 e. The molecular formula is C40H30N2S. The van der Waals surface area contributed by atoms with Crippen LogP contribution >= 0.6 is 11.3 Å². The van der Waals surface area contributed by atoms with Gasteiger partial charge in [-0.15, -0.1) is 11.3 Å². The molecule has 0 aliphatic heterocycles. The Bertz CT molecular complexity index is 2070. The third kappa shape index (κ3) is 5.12. The lowest BCUT2D eigenvalue weighted by atomic mass is 9.93. The first-order valence-electron chi connectivity index (χ1n) is 14.3. The summed E-state index contributed by atoms with van der Waals surface area (Å²) in [5, 5.41) is 6.03. The lowest BCUT2D eigenvalue weighted by Gasteiger charge is -2.26. The Morgan fingerprint density at radius 1 is 0.535 bits per heavy atom. The molecule has 0 aliphatic rings. The van der Waals surface area contributed by atoms with Gasteiger partial charge in [0.2, 0.25) is 0 Å². The van der Waals surface area contributed by atoms with Crippen LogP contribution in [0.15, 0.2) is 165 Å². The molecule has 0 atom stereocenters. The second-order valence-electron chi connectivity index (χ2n) is 10.5. The highest BCUT2D eigenvalue weighted by molar-refractivity contribution is 7.26. The van der Waals surface area contributed by atoms with Gasteiger partial charge in [-0.2, -0.15) is 0 Å². The van der Waals surface area contributed by atoms with Crippen LogP contribution in [0.4, 0.5) is 22.7 Å². The Kier molecular flexibility index (Phi) is 7.08. The molecule has 3 heteroatoms. The Labute approximate surface area is 256 Å². The van der Waals surface area contributed by atoms with Crippen molar-refractivity contribution in [1.29, 1.82) is 0 Å². The molecule has 0 bridgehead atoms. The maximum absolute atomic E-state index is 4.52. The largest absolute Gasteiger partial charge is 0.356 e. The molecule has 43 heavy (non-hydrogen) atoms. The topological polar surface area (TPSA) is 15.3 Å². The summed E-state index contributed by atoms with van der Waals surface area (Å²) in [6, 6.07) is 53.0. The molecule has 1 heterocycles. The lowest BCUT2D eigenvalue weighted by molar-refractivity contribution is 1.30. The van der Waals surface area contributed by atoms with Crippen LogP contribution in [0.3, 0.4) is 0 Å². The molecule has 0 fully saturated rings. The van der Waals surface area contributed by atoms with E-state index in [4.69, 9.17) is 0 Å². The van der Waals surface area contributed by atoms with Crippen LogP contribution in [0, 0.1) is 0 Å². The highest BCUT2D eigenvalue weighted by atomic mass is 32.1. The van der Waals surface area contributed by atoms with Crippen LogP contribution in [-0.2, 0) is 0 Å². The van der Waals surface area contributed by atoms with E-state index >= 15 is 0 Å². The molecule has 6 aromatic carbocycles. The molecule has 0 unspecified atom stereocenters. The number of rotatable bonds is 8. The van der Waals surface area contributed by atoms with E-state index in [-0.39, 0.29) is 0 Å². The van der Waals surface area contributed by atoms with Crippen molar-refractivity contribution in [2.45, 2.75) is 0 Å². The van der Waals surface area contributed by atoms with Crippen LogP contribution in [0.1, 0.15) is 16.7 Å². The summed E-state index contributed by atoms with van der Waals surface area (Å²) in [6.45, 7) is 8.86. The van der Waals surface area contributed by atoms with E-state index in [1.54, 1.807) is 0 Å². The van der Waals surface area contributed by atoms with E-state index in [0.717, 1.165) is 45.0 Å². The van der Waals surface area contributed by atoms with Crippen LogP contribution in [0.25, 0.3) is 31.4 Å². The first-order valence-corrected chi connectivity index (χ1v) is 15.1. The summed E-state index contributed by atoms with van der Waals surface area (Å²) in [7, 11) is 0. The summed E-state index contributed by atoms with van der Waals surface area (Å²) in [5.41, 5.74) is 9.33. The van der Waals surface area contributed by atoms with Crippen molar-refractivity contribution in [3.8, 4) is 0 Å². The van der Waals surface area contributed by atoms with Gasteiger partial charge in [-0.1, -0.05) is 116 Å². The molecule has 7 aromatic rings. The number of anilines is 4. The quantitative estimate of drug-likeness (QED) is 0.195. The van der Waals surface area contributed by atoms with E-state index in [1.807, 2.05) is 47.7 Å². The molecule has 206 valence electrons. The smallest absolute Gasteiger partial charge is 0.0640 e. The average molecular weight is 571 g/mol. The molecule has 1 N–H and O–H groups in total. The second-order valence-corrected chi connectivity index (χ2v) is 11.5. The summed E-state index contributed by atoms with van der Waals surface area (Å²) in [5.74, 6) is 0. The van der Waals surface area contributed by atoms with Crippen molar-refractivity contribution in [2.24, 2.45) is 0 Å². The van der Waals surface area contributed by atoms with Gasteiger partial charge in [0.05, 0.1) is 10.4 Å². The lowest BCUT2D eigenvalue weighted by Crippen LogP contribution is -2.10. The summed E-state index contributed by atoms with van der Waals surface area (Å²) in [4.78, 5) is 2.35. The van der Waals surface area contributed by atoms with Gasteiger partial charge in [0.15, 0.2) is 0 Å². The third-order valence-electron chi connectivity index (χ3n) is 7.76. The zero-order valence-corrected chi connectivity index (χ0v) is 24.5. The predicted octanol–water partition coefficient (Wildman–Crippen LogP) is 11.7. The van der Waals surface area contributed by atoms with E-state index in [2.05, 4.69) is 139 Å². The third-order valence-corrected chi connectivity index (χ3v) is 8.97. The maximum Gasteiger partial charge on any atom is 0.0640 e. The zero-order valence-electron chi connectivity index (χ0n) is 23.7. The highest BCUT2D eigenvalue weighted by Gasteiger charge is 2.18. The Morgan fingerprint density at radius 2 is 1.14 bits per heavy atom. The number of fused-ring (bicyclic) bond motifs is 3. The summed E-state index contributed by atoms with van der Waals surface area (Å²) >= 11 is 1.85. The van der Waals surface area contributed by atoms with Crippen LogP contribution in [0.5, 0.6) is 0 Å². The Balaban J connectivity index is 1.26. The van der Waals surface area contributed by atoms with Crippen molar-refractivity contribution in [3.63, 3.8) is 0 Å². The van der Waals surface area contributed by atoms with Gasteiger partial charge in [-0.05, 0) is 65.2 Å². The molecule has 0 saturated carbocycles. The molecule has 0 spiro atoms. The van der Waals surface area contributed by atoms with E-state index < -0.39 is 0 Å². The number of hydrogen-bond donors (Lipinski definition) is 1. The van der Waals surface area contributed by atoms with Gasteiger partial charge in [0.25, 0.3) is 0 Å². The summed E-state index contributed by atoms with van der Waals surface area (Å²) < 4.78 is 2.58. The summed E-state index contributed by atoms with van der Waals surface area (Å²) in [6.07, 6.45) is 0. The highest BCUT2D eigenvalue weighted by Crippen LogP contribution is 2.44. The minimum absolute atomic E-state index is 0.839. The number of benzene rings is 6. The molecule has 2 nitrogen and oxygen atoms in total. The fourth-order valence-corrected chi connectivity index (χ4v) is 6.86. The molecular weight excluding hydrogens is 541 g/mol. The van der Waals surface area contributed by atoms with E-state index in [1.165, 1.54) is 25.9 Å². The monoisotopic (exact) mass is 570 g/mol. The first-order chi connectivity index (χ1) is 21.2. The van der Waals surface area contributed by atoms with E-state index in [9.17, 15) is 0 Å². The predicted molar refractivity (Wildman–Crippen MR) is 188 cm³/mol. The second kappa shape index (κ2) is 11.5. The van der Waals surface area contributed by atoms with E-state index in [0.29, 0.717) is 0 Å². The van der Waals surface area contributed by atoms with Crippen LogP contribution in [0.2, 0.25) is 0 Å². The normalized spacial score (nSPS) is 11.0. The fourth-order valence-electron chi connectivity index (χ4n) is 5.65. The molecule has 7 rings (SSSR count). The molecule has 0 saturated heterocycles. The SMILES string of the molecule is C=C(Nc1ccccc1)c1ccccc1C(=C)c1ccc(N(c2ccccc2)c2cccc3c2sc2ccccc23)cc1. The first kappa shape index (κ1) is 26.5. The molecule has 1 aromatic heterocycles. The molecule has 0 radical (unpaired) electrons. The molecule has 0 aliphatic carbocycles. The number of thiophene rings is 1. The van der Waals surface area contributed by atoms with Crippen LogP contribution in [-0.4, -0.2) is 0 Å². The zero-order chi connectivity index (χ0) is 29.2. The molecule has 0 amide bonds. The number of para-hydroxylation sites is 2. The van der Waals surface area contributed by atoms with Crippen molar-refractivity contribution in [1.82, 2.24) is 0 Å². The van der Waals surface area contributed by atoms with Gasteiger partial charge >= 0.3 is 0 Å². The van der Waals surface area contributed by atoms with Gasteiger partial charge in [0, 0.05) is 43.8 Å². The van der Waals surface area contributed by atoms with Crippen LogP contribution < -0.4 is 10.2 Å². The fraction of sp³-hybridized carbons (Fsp3) is 0. The standard InChI is InChI=1S/C40H30N2S/c1-28(34-18-9-10-19-35(34)29(2)41-31-14-5-3-6-15-31)30-24-26-33(27-25-30)42(32-16-7-4-8-17-32)38-22-13-21-37-36-20-11-12-23-39(36)43-40(37)38/h3-27,41H,1-2H2. The van der Waals surface area contributed by atoms with Crippen molar-refractivity contribution in [3.05, 3.63) is 182 Å². The Hall–Kier alpha value is -5.38. The van der Waals surface area contributed by atoms with Gasteiger partial charge in [-0.25, -0.2) is 0 Å². The number of nitrogens with one attached hydrogen (secondary N) is 1. The van der Waals surface area contributed by atoms with Gasteiger partial charge in [-0.3, -0.25) is 0 Å². The average Bonchev–Trinajstić information content (AvgIpc) is 3.45. The van der Waals surface area contributed by atoms with Crippen molar-refractivity contribution in [2.75, 3.05) is 10.2 Å². The maximum atomic E-state index is 4.52.